The lowest BCUT2D eigenvalue weighted by Crippen LogP contribution is -2.23. The van der Waals surface area contributed by atoms with Crippen molar-refractivity contribution in [2.45, 2.75) is 6.92 Å². The normalized spacial score (nSPS) is 10.3. The fourth-order valence-corrected chi connectivity index (χ4v) is 1.90. The van der Waals surface area contributed by atoms with Crippen LogP contribution in [0.25, 0.3) is 0 Å². The number of hydrogen-bond acceptors (Lipinski definition) is 2. The number of amides is 1. The van der Waals surface area contributed by atoms with Gasteiger partial charge >= 0.3 is 0 Å². The molecule has 2 rings (SSSR count). The zero-order chi connectivity index (χ0) is 14.0. The first-order chi connectivity index (χ1) is 8.97. The minimum absolute atomic E-state index is 0.00560. The number of pyridine rings is 1. The highest BCUT2D eigenvalue weighted by atomic mass is 79.9. The molecule has 2 aromatic rings. The molecular weight excluding hydrogens is 315 g/mol. The van der Waals surface area contributed by atoms with E-state index >= 15 is 0 Å². The first kappa shape index (κ1) is 13.5. The lowest BCUT2D eigenvalue weighted by atomic mass is 10.2. The molecule has 1 aromatic carbocycles. The Bertz CT molecular complexity index is 697. The third-order valence-electron chi connectivity index (χ3n) is 2.48. The second-order valence-corrected chi connectivity index (χ2v) is 4.82. The summed E-state index contributed by atoms with van der Waals surface area (Å²) in [7, 11) is 0. The van der Waals surface area contributed by atoms with E-state index in [0.717, 1.165) is 0 Å². The Hall–Kier alpha value is -1.95. The number of benzene rings is 1. The summed E-state index contributed by atoms with van der Waals surface area (Å²) in [4.78, 5) is 26.0. The average molecular weight is 325 g/mol. The van der Waals surface area contributed by atoms with Crippen LogP contribution in [0.2, 0.25) is 0 Å². The zero-order valence-corrected chi connectivity index (χ0v) is 11.5. The number of hydrogen-bond donors (Lipinski definition) is 2. The predicted molar refractivity (Wildman–Crippen MR) is 73.9 cm³/mol. The number of nitrogens with one attached hydrogen (secondary N) is 2. The van der Waals surface area contributed by atoms with Crippen molar-refractivity contribution in [3.8, 4) is 0 Å². The molecule has 1 heterocycles. The molecule has 0 saturated heterocycles. The maximum Gasteiger partial charge on any atom is 0.261 e. The van der Waals surface area contributed by atoms with Crippen LogP contribution < -0.4 is 10.9 Å². The van der Waals surface area contributed by atoms with E-state index in [1.165, 1.54) is 24.3 Å². The van der Waals surface area contributed by atoms with Gasteiger partial charge < -0.3 is 10.3 Å². The Labute approximate surface area is 116 Å². The molecule has 0 fully saturated rings. The van der Waals surface area contributed by atoms with Gasteiger partial charge in [0.1, 0.15) is 11.4 Å². The van der Waals surface area contributed by atoms with Crippen molar-refractivity contribution < 1.29 is 9.18 Å². The van der Waals surface area contributed by atoms with E-state index in [4.69, 9.17) is 0 Å². The molecule has 2 N–H and O–H groups in total. The van der Waals surface area contributed by atoms with Crippen molar-refractivity contribution in [1.82, 2.24) is 4.98 Å². The molecule has 0 unspecified atom stereocenters. The van der Waals surface area contributed by atoms with E-state index in [0.29, 0.717) is 11.4 Å². The van der Waals surface area contributed by atoms with Gasteiger partial charge in [-0.15, -0.1) is 0 Å². The molecule has 0 saturated carbocycles. The number of aryl methyl sites for hydroxylation is 1. The number of halogens is 2. The summed E-state index contributed by atoms with van der Waals surface area (Å²) in [6.45, 7) is 1.72. The van der Waals surface area contributed by atoms with Crippen LogP contribution in [-0.4, -0.2) is 10.9 Å². The van der Waals surface area contributed by atoms with E-state index in [9.17, 15) is 14.0 Å². The molecule has 1 aromatic heterocycles. The van der Waals surface area contributed by atoms with Crippen LogP contribution in [0.4, 0.5) is 10.1 Å². The van der Waals surface area contributed by atoms with E-state index < -0.39 is 17.3 Å². The van der Waals surface area contributed by atoms with Crippen molar-refractivity contribution in [3.63, 3.8) is 0 Å². The highest BCUT2D eigenvalue weighted by Crippen LogP contribution is 2.20. The minimum atomic E-state index is -0.542. The quantitative estimate of drug-likeness (QED) is 0.892. The summed E-state index contributed by atoms with van der Waals surface area (Å²) in [5, 5.41) is 2.53. The van der Waals surface area contributed by atoms with Gasteiger partial charge in [0, 0.05) is 11.4 Å². The summed E-state index contributed by atoms with van der Waals surface area (Å²) in [5.74, 6) is -0.967. The monoisotopic (exact) mass is 324 g/mol. The predicted octanol–water partition coefficient (Wildman–Crippen LogP) is 2.84. The molecule has 19 heavy (non-hydrogen) atoms. The molecule has 0 aliphatic carbocycles. The second-order valence-electron chi connectivity index (χ2n) is 3.97. The smallest absolute Gasteiger partial charge is 0.261 e. The SMILES string of the molecule is Cc1ccc(C(=O)Nc2ccc(F)c(Br)c2)c(=O)[nH]1. The summed E-state index contributed by atoms with van der Waals surface area (Å²) in [6, 6.07) is 7.15. The zero-order valence-electron chi connectivity index (χ0n) is 9.96. The number of carbonyl (C=O) groups excluding carboxylic acids is 1. The van der Waals surface area contributed by atoms with E-state index in [1.807, 2.05) is 0 Å². The van der Waals surface area contributed by atoms with E-state index in [2.05, 4.69) is 26.2 Å². The summed E-state index contributed by atoms with van der Waals surface area (Å²) < 4.78 is 13.3. The number of aromatic nitrogens is 1. The minimum Gasteiger partial charge on any atom is -0.326 e. The van der Waals surface area contributed by atoms with Crippen LogP contribution >= 0.6 is 15.9 Å². The van der Waals surface area contributed by atoms with E-state index in [-0.39, 0.29) is 10.0 Å². The molecule has 4 nitrogen and oxygen atoms in total. The van der Waals surface area contributed by atoms with Crippen molar-refractivity contribution >= 4 is 27.5 Å². The highest BCUT2D eigenvalue weighted by Gasteiger charge is 2.11. The number of aromatic amines is 1. The fraction of sp³-hybridized carbons (Fsp3) is 0.0769. The summed E-state index contributed by atoms with van der Waals surface area (Å²) in [6.07, 6.45) is 0. The molecule has 6 heteroatoms. The van der Waals surface area contributed by atoms with Crippen LogP contribution in [0, 0.1) is 12.7 Å². The molecule has 1 amide bonds. The maximum atomic E-state index is 13.1. The van der Waals surface area contributed by atoms with Crippen molar-refractivity contribution in [2.75, 3.05) is 5.32 Å². The van der Waals surface area contributed by atoms with Gasteiger partial charge in [-0.1, -0.05) is 0 Å². The molecule has 0 aliphatic rings. The van der Waals surface area contributed by atoms with Crippen molar-refractivity contribution in [2.24, 2.45) is 0 Å². The fourth-order valence-electron chi connectivity index (χ4n) is 1.52. The van der Waals surface area contributed by atoms with Crippen LogP contribution in [0.5, 0.6) is 0 Å². The summed E-state index contributed by atoms with van der Waals surface area (Å²) in [5.41, 5.74) is 0.619. The Morgan fingerprint density at radius 1 is 1.32 bits per heavy atom. The van der Waals surface area contributed by atoms with Crippen LogP contribution in [0.15, 0.2) is 39.6 Å². The Morgan fingerprint density at radius 3 is 2.68 bits per heavy atom. The lowest BCUT2D eigenvalue weighted by Gasteiger charge is -2.05. The third kappa shape index (κ3) is 3.08. The van der Waals surface area contributed by atoms with Gasteiger partial charge in [0.2, 0.25) is 0 Å². The second kappa shape index (κ2) is 5.36. The first-order valence-corrected chi connectivity index (χ1v) is 6.23. The number of carbonyl (C=O) groups is 1. The van der Waals surface area contributed by atoms with Crippen LogP contribution in [-0.2, 0) is 0 Å². The number of anilines is 1. The topological polar surface area (TPSA) is 62.0 Å². The van der Waals surface area contributed by atoms with E-state index in [1.54, 1.807) is 13.0 Å². The van der Waals surface area contributed by atoms with Gasteiger partial charge in [-0.3, -0.25) is 9.59 Å². The molecule has 0 atom stereocenters. The van der Waals surface area contributed by atoms with Gasteiger partial charge in [-0.2, -0.15) is 0 Å². The van der Waals surface area contributed by atoms with Crippen LogP contribution in [0.1, 0.15) is 16.1 Å². The molecule has 0 bridgehead atoms. The third-order valence-corrected chi connectivity index (χ3v) is 3.09. The van der Waals surface area contributed by atoms with Gasteiger partial charge in [-0.05, 0) is 53.2 Å². The van der Waals surface area contributed by atoms with Gasteiger partial charge in [0.15, 0.2) is 0 Å². The Balaban J connectivity index is 2.25. The largest absolute Gasteiger partial charge is 0.326 e. The van der Waals surface area contributed by atoms with Crippen molar-refractivity contribution in [3.05, 3.63) is 62.2 Å². The van der Waals surface area contributed by atoms with Gasteiger partial charge in [0.25, 0.3) is 11.5 Å². The Kier molecular flexibility index (Phi) is 3.80. The average Bonchev–Trinajstić information content (AvgIpc) is 2.33. The Morgan fingerprint density at radius 2 is 2.05 bits per heavy atom. The molecule has 0 radical (unpaired) electrons. The molecule has 0 spiro atoms. The van der Waals surface area contributed by atoms with Crippen molar-refractivity contribution in [1.29, 1.82) is 0 Å². The van der Waals surface area contributed by atoms with Crippen LogP contribution in [0.3, 0.4) is 0 Å². The summed E-state index contributed by atoms with van der Waals surface area (Å²) >= 11 is 3.02. The van der Waals surface area contributed by atoms with Gasteiger partial charge in [-0.25, -0.2) is 4.39 Å². The molecular formula is C13H10BrFN2O2. The number of rotatable bonds is 2. The number of H-pyrrole nitrogens is 1. The first-order valence-electron chi connectivity index (χ1n) is 5.43. The van der Waals surface area contributed by atoms with Gasteiger partial charge in [0.05, 0.1) is 4.47 Å². The molecule has 0 aliphatic heterocycles. The standard InChI is InChI=1S/C13H10BrFN2O2/c1-7-2-4-9(12(18)16-7)13(19)17-8-3-5-11(15)10(14)6-8/h2-6H,1H3,(H,16,18)(H,17,19). The highest BCUT2D eigenvalue weighted by molar-refractivity contribution is 9.10. The maximum absolute atomic E-state index is 13.1. The molecule has 98 valence electrons. The lowest BCUT2D eigenvalue weighted by molar-refractivity contribution is 0.102.